The molecule has 1 saturated heterocycles. The minimum Gasteiger partial charge on any atom is -0.454 e. The topological polar surface area (TPSA) is 88.1 Å². The lowest BCUT2D eigenvalue weighted by Crippen LogP contribution is -2.46. The summed E-state index contributed by atoms with van der Waals surface area (Å²) in [4.78, 5) is 26.1. The molecule has 1 aromatic carbocycles. The predicted octanol–water partition coefficient (Wildman–Crippen LogP) is 0.894. The van der Waals surface area contributed by atoms with Crippen LogP contribution < -0.4 is 14.8 Å². The Hall–Kier alpha value is -2.28. The van der Waals surface area contributed by atoms with E-state index < -0.39 is 6.10 Å². The Labute approximate surface area is 145 Å². The minimum atomic E-state index is -0.987. The van der Waals surface area contributed by atoms with Gasteiger partial charge in [0, 0.05) is 6.54 Å². The standard InChI is InChI=1S/C18H22N2O5/c21-13-3-1-2-8-20(17(13)23)10-16(22)19-18(6-7-18)12-4-5-14-15(9-12)25-11-24-14/h4-5,9,13,21H,1-3,6-8,10-11H2,(H,19,22). The van der Waals surface area contributed by atoms with Crippen molar-refractivity contribution in [3.63, 3.8) is 0 Å². The third-order valence-electron chi connectivity index (χ3n) is 5.14. The van der Waals surface area contributed by atoms with E-state index in [1.807, 2.05) is 18.2 Å². The first kappa shape index (κ1) is 16.2. The van der Waals surface area contributed by atoms with Gasteiger partial charge in [-0.15, -0.1) is 0 Å². The van der Waals surface area contributed by atoms with E-state index in [2.05, 4.69) is 5.32 Å². The number of amides is 2. The summed E-state index contributed by atoms with van der Waals surface area (Å²) in [6.07, 6.45) is 2.80. The van der Waals surface area contributed by atoms with E-state index in [1.165, 1.54) is 4.90 Å². The van der Waals surface area contributed by atoms with Crippen molar-refractivity contribution in [2.24, 2.45) is 0 Å². The van der Waals surface area contributed by atoms with Crippen molar-refractivity contribution >= 4 is 11.8 Å². The second kappa shape index (κ2) is 6.22. The van der Waals surface area contributed by atoms with E-state index >= 15 is 0 Å². The number of nitrogens with zero attached hydrogens (tertiary/aromatic N) is 1. The zero-order valence-corrected chi connectivity index (χ0v) is 14.0. The smallest absolute Gasteiger partial charge is 0.251 e. The fraction of sp³-hybridized carbons (Fsp3) is 0.556. The van der Waals surface area contributed by atoms with E-state index in [0.717, 1.165) is 37.0 Å². The molecule has 7 heteroatoms. The largest absolute Gasteiger partial charge is 0.454 e. The number of aliphatic hydroxyl groups excluding tert-OH is 1. The molecular formula is C18H22N2O5. The quantitative estimate of drug-likeness (QED) is 0.845. The van der Waals surface area contributed by atoms with Gasteiger partial charge in [0.25, 0.3) is 5.91 Å². The van der Waals surface area contributed by atoms with Crippen LogP contribution in [0.25, 0.3) is 0 Å². The van der Waals surface area contributed by atoms with Crippen LogP contribution in [0.15, 0.2) is 18.2 Å². The number of carbonyl (C=O) groups is 2. The van der Waals surface area contributed by atoms with Crippen LogP contribution in [0, 0.1) is 0 Å². The highest BCUT2D eigenvalue weighted by Gasteiger charge is 2.46. The molecule has 2 N–H and O–H groups in total. The summed E-state index contributed by atoms with van der Waals surface area (Å²) in [6.45, 7) is 0.722. The third kappa shape index (κ3) is 3.16. The second-order valence-corrected chi connectivity index (χ2v) is 6.97. The average molecular weight is 346 g/mol. The van der Waals surface area contributed by atoms with Crippen molar-refractivity contribution in [1.82, 2.24) is 10.2 Å². The van der Waals surface area contributed by atoms with Crippen LogP contribution in [0.5, 0.6) is 11.5 Å². The third-order valence-corrected chi connectivity index (χ3v) is 5.14. The van der Waals surface area contributed by atoms with Crippen molar-refractivity contribution in [2.45, 2.75) is 43.7 Å². The summed E-state index contributed by atoms with van der Waals surface area (Å²) >= 11 is 0. The number of likely N-dealkylation sites (tertiary alicyclic amines) is 1. The number of rotatable bonds is 4. The normalized spacial score (nSPS) is 24.0. The average Bonchev–Trinajstić information content (AvgIpc) is 3.25. The second-order valence-electron chi connectivity index (χ2n) is 6.97. The van der Waals surface area contributed by atoms with Crippen molar-refractivity contribution < 1.29 is 24.2 Å². The van der Waals surface area contributed by atoms with Crippen LogP contribution in [0.3, 0.4) is 0 Å². The highest BCUT2D eigenvalue weighted by molar-refractivity contribution is 5.87. The van der Waals surface area contributed by atoms with E-state index in [1.54, 1.807) is 0 Å². The predicted molar refractivity (Wildman–Crippen MR) is 88.1 cm³/mol. The molecule has 1 aromatic rings. The molecule has 3 aliphatic rings. The molecule has 7 nitrogen and oxygen atoms in total. The zero-order chi connectivity index (χ0) is 17.4. The molecule has 0 aromatic heterocycles. The number of carbonyl (C=O) groups excluding carboxylic acids is 2. The first-order chi connectivity index (χ1) is 12.1. The van der Waals surface area contributed by atoms with Crippen LogP contribution in [0.2, 0.25) is 0 Å². The van der Waals surface area contributed by atoms with Crippen molar-refractivity contribution in [3.8, 4) is 11.5 Å². The number of fused-ring (bicyclic) bond motifs is 1. The molecule has 1 atom stereocenters. The maximum absolute atomic E-state index is 12.5. The minimum absolute atomic E-state index is 0.0117. The Morgan fingerprint density at radius 2 is 2.08 bits per heavy atom. The van der Waals surface area contributed by atoms with Crippen molar-refractivity contribution in [1.29, 1.82) is 0 Å². The lowest BCUT2D eigenvalue weighted by Gasteiger charge is -2.24. The summed E-state index contributed by atoms with van der Waals surface area (Å²) in [5.41, 5.74) is 0.610. The molecule has 2 heterocycles. The van der Waals surface area contributed by atoms with Gasteiger partial charge in [-0.05, 0) is 49.8 Å². The number of ether oxygens (including phenoxy) is 2. The Morgan fingerprint density at radius 3 is 2.88 bits per heavy atom. The molecule has 2 amide bonds. The van der Waals surface area contributed by atoms with E-state index in [-0.39, 0.29) is 30.7 Å². The van der Waals surface area contributed by atoms with Gasteiger partial charge in [-0.1, -0.05) is 6.07 Å². The van der Waals surface area contributed by atoms with Gasteiger partial charge in [-0.2, -0.15) is 0 Å². The van der Waals surface area contributed by atoms with Gasteiger partial charge >= 0.3 is 0 Å². The molecule has 1 saturated carbocycles. The fourth-order valence-corrected chi connectivity index (χ4v) is 3.53. The van der Waals surface area contributed by atoms with Crippen molar-refractivity contribution in [2.75, 3.05) is 19.9 Å². The number of nitrogens with one attached hydrogen (secondary N) is 1. The van der Waals surface area contributed by atoms with Crippen LogP contribution in [-0.2, 0) is 15.1 Å². The van der Waals surface area contributed by atoms with Crippen LogP contribution in [0.4, 0.5) is 0 Å². The molecule has 2 fully saturated rings. The first-order valence-electron chi connectivity index (χ1n) is 8.75. The highest BCUT2D eigenvalue weighted by atomic mass is 16.7. The molecule has 1 unspecified atom stereocenters. The summed E-state index contributed by atoms with van der Waals surface area (Å²) in [6, 6.07) is 5.72. The van der Waals surface area contributed by atoms with Gasteiger partial charge in [-0.25, -0.2) is 0 Å². The summed E-state index contributed by atoms with van der Waals surface area (Å²) in [5.74, 6) is 0.872. The molecule has 4 rings (SSSR count). The monoisotopic (exact) mass is 346 g/mol. The number of hydrogen-bond donors (Lipinski definition) is 2. The van der Waals surface area contributed by atoms with Gasteiger partial charge in [0.15, 0.2) is 11.5 Å². The molecule has 134 valence electrons. The van der Waals surface area contributed by atoms with Gasteiger partial charge < -0.3 is 24.8 Å². The Kier molecular flexibility index (Phi) is 4.03. The molecule has 25 heavy (non-hydrogen) atoms. The molecular weight excluding hydrogens is 324 g/mol. The number of aliphatic hydroxyl groups is 1. The maximum Gasteiger partial charge on any atom is 0.251 e. The van der Waals surface area contributed by atoms with E-state index in [9.17, 15) is 14.7 Å². The lowest BCUT2D eigenvalue weighted by molar-refractivity contribution is -0.142. The summed E-state index contributed by atoms with van der Waals surface area (Å²) in [7, 11) is 0. The molecule has 1 aliphatic carbocycles. The van der Waals surface area contributed by atoms with Crippen LogP contribution >= 0.6 is 0 Å². The zero-order valence-electron chi connectivity index (χ0n) is 14.0. The summed E-state index contributed by atoms with van der Waals surface area (Å²) in [5, 5.41) is 12.9. The van der Waals surface area contributed by atoms with Crippen molar-refractivity contribution in [3.05, 3.63) is 23.8 Å². The molecule has 0 spiro atoms. The number of hydrogen-bond acceptors (Lipinski definition) is 5. The van der Waals surface area contributed by atoms with Crippen LogP contribution in [0.1, 0.15) is 37.7 Å². The lowest BCUT2D eigenvalue weighted by atomic mass is 10.0. The molecule has 0 radical (unpaired) electrons. The number of benzene rings is 1. The molecule has 0 bridgehead atoms. The van der Waals surface area contributed by atoms with E-state index in [0.29, 0.717) is 18.7 Å². The molecule has 2 aliphatic heterocycles. The SMILES string of the molecule is O=C(CN1CCCCC(O)C1=O)NC1(c2ccc3c(c2)OCO3)CC1. The van der Waals surface area contributed by atoms with Gasteiger partial charge in [-0.3, -0.25) is 9.59 Å². The summed E-state index contributed by atoms with van der Waals surface area (Å²) < 4.78 is 10.7. The van der Waals surface area contributed by atoms with Gasteiger partial charge in [0.05, 0.1) is 12.1 Å². The Morgan fingerprint density at radius 1 is 1.28 bits per heavy atom. The van der Waals surface area contributed by atoms with Gasteiger partial charge in [0.1, 0.15) is 6.10 Å². The van der Waals surface area contributed by atoms with E-state index in [4.69, 9.17) is 9.47 Å². The Bertz CT molecular complexity index is 701. The van der Waals surface area contributed by atoms with Crippen LogP contribution in [-0.4, -0.2) is 47.8 Å². The highest BCUT2D eigenvalue weighted by Crippen LogP contribution is 2.48. The van der Waals surface area contributed by atoms with Gasteiger partial charge in [0.2, 0.25) is 12.7 Å². The maximum atomic E-state index is 12.5. The first-order valence-corrected chi connectivity index (χ1v) is 8.75. The fourth-order valence-electron chi connectivity index (χ4n) is 3.53. The Balaban J connectivity index is 1.43.